The summed E-state index contributed by atoms with van der Waals surface area (Å²) in [6.45, 7) is 1.62. The van der Waals surface area contributed by atoms with E-state index in [2.05, 4.69) is 15.6 Å². The van der Waals surface area contributed by atoms with Gasteiger partial charge in [0.05, 0.1) is 23.9 Å². The molecule has 0 fully saturated rings. The molecule has 0 bridgehead atoms. The van der Waals surface area contributed by atoms with E-state index in [1.54, 1.807) is 31.2 Å². The van der Waals surface area contributed by atoms with Crippen LogP contribution in [0.5, 0.6) is 5.88 Å². The number of rotatable bonds is 5. The molecule has 0 aliphatic rings. The van der Waals surface area contributed by atoms with Crippen molar-refractivity contribution in [2.75, 3.05) is 12.4 Å². The van der Waals surface area contributed by atoms with Gasteiger partial charge in [0.2, 0.25) is 11.8 Å². The zero-order chi connectivity index (χ0) is 15.2. The largest absolute Gasteiger partial charge is 0.481 e. The molecular weight excluding hydrogens is 290 g/mol. The van der Waals surface area contributed by atoms with Crippen molar-refractivity contribution in [2.45, 2.75) is 13.0 Å². The number of hydrogen-bond donors (Lipinski definition) is 2. The number of aromatic nitrogens is 1. The number of hydrogen-bond acceptors (Lipinski definition) is 5. The minimum atomic E-state index is -0.651. The van der Waals surface area contributed by atoms with Crippen molar-refractivity contribution in [3.63, 3.8) is 0 Å². The molecule has 110 valence electrons. The molecule has 7 heteroatoms. The smallest absolute Gasteiger partial charge is 0.261 e. The highest BCUT2D eigenvalue weighted by molar-refractivity contribution is 7.12. The van der Waals surface area contributed by atoms with Crippen molar-refractivity contribution >= 4 is 28.8 Å². The van der Waals surface area contributed by atoms with Crippen LogP contribution in [0.15, 0.2) is 35.8 Å². The predicted molar refractivity (Wildman–Crippen MR) is 80.7 cm³/mol. The molecule has 2 amide bonds. The molecule has 0 radical (unpaired) electrons. The van der Waals surface area contributed by atoms with Gasteiger partial charge in [-0.05, 0) is 24.4 Å². The van der Waals surface area contributed by atoms with Gasteiger partial charge in [0.15, 0.2) is 0 Å². The van der Waals surface area contributed by atoms with E-state index >= 15 is 0 Å². The number of ether oxygens (including phenoxy) is 1. The molecule has 2 N–H and O–H groups in total. The number of nitrogens with one attached hydrogen (secondary N) is 2. The van der Waals surface area contributed by atoms with Gasteiger partial charge < -0.3 is 15.4 Å². The number of nitrogens with zero attached hydrogens (tertiary/aromatic N) is 1. The quantitative estimate of drug-likeness (QED) is 0.884. The molecule has 0 aliphatic heterocycles. The maximum Gasteiger partial charge on any atom is 0.261 e. The van der Waals surface area contributed by atoms with Crippen LogP contribution in [0.1, 0.15) is 16.6 Å². The first-order valence-corrected chi connectivity index (χ1v) is 7.13. The molecule has 0 saturated carbocycles. The van der Waals surface area contributed by atoms with Crippen LogP contribution in [0, 0.1) is 0 Å². The van der Waals surface area contributed by atoms with Crippen molar-refractivity contribution in [1.29, 1.82) is 0 Å². The average Bonchev–Trinajstić information content (AvgIpc) is 3.02. The first kappa shape index (κ1) is 15.0. The summed E-state index contributed by atoms with van der Waals surface area (Å²) in [4.78, 5) is 28.4. The number of amides is 2. The van der Waals surface area contributed by atoms with E-state index < -0.39 is 6.04 Å². The lowest BCUT2D eigenvalue weighted by atomic mass is 10.3. The Bertz CT molecular complexity index is 611. The van der Waals surface area contributed by atoms with Crippen LogP contribution in [0.25, 0.3) is 0 Å². The van der Waals surface area contributed by atoms with Crippen LogP contribution in [-0.4, -0.2) is 29.9 Å². The molecule has 0 spiro atoms. The van der Waals surface area contributed by atoms with Gasteiger partial charge in [-0.1, -0.05) is 6.07 Å². The predicted octanol–water partition coefficient (Wildman–Crippen LogP) is 1.91. The summed E-state index contributed by atoms with van der Waals surface area (Å²) in [6, 6.07) is 6.16. The monoisotopic (exact) mass is 305 g/mol. The maximum absolute atomic E-state index is 12.0. The highest BCUT2D eigenvalue weighted by atomic mass is 32.1. The fourth-order valence-corrected chi connectivity index (χ4v) is 2.19. The maximum atomic E-state index is 12.0. The second-order valence-electron chi connectivity index (χ2n) is 4.25. The lowest BCUT2D eigenvalue weighted by Gasteiger charge is -2.13. The van der Waals surface area contributed by atoms with E-state index in [1.165, 1.54) is 24.6 Å². The summed E-state index contributed by atoms with van der Waals surface area (Å²) < 4.78 is 4.94. The van der Waals surface area contributed by atoms with Crippen LogP contribution in [0.4, 0.5) is 5.69 Å². The summed E-state index contributed by atoms with van der Waals surface area (Å²) in [6.07, 6.45) is 1.49. The van der Waals surface area contributed by atoms with Crippen molar-refractivity contribution in [3.8, 4) is 5.88 Å². The SMILES string of the molecule is COc1ccc(NC(=O)C(C)NC(=O)c2cccs2)cn1. The summed E-state index contributed by atoms with van der Waals surface area (Å²) >= 11 is 1.33. The Morgan fingerprint density at radius 3 is 2.71 bits per heavy atom. The fourth-order valence-electron chi connectivity index (χ4n) is 1.57. The molecule has 21 heavy (non-hydrogen) atoms. The van der Waals surface area contributed by atoms with Gasteiger partial charge in [-0.2, -0.15) is 0 Å². The van der Waals surface area contributed by atoms with E-state index in [0.717, 1.165) is 0 Å². The third-order valence-electron chi connectivity index (χ3n) is 2.70. The van der Waals surface area contributed by atoms with Crippen LogP contribution in [-0.2, 0) is 4.79 Å². The summed E-state index contributed by atoms with van der Waals surface area (Å²) in [5.41, 5.74) is 0.540. The molecular formula is C14H15N3O3S. The van der Waals surface area contributed by atoms with Gasteiger partial charge in [0.1, 0.15) is 6.04 Å². The second kappa shape index (κ2) is 6.85. The van der Waals surface area contributed by atoms with Gasteiger partial charge in [-0.25, -0.2) is 4.98 Å². The van der Waals surface area contributed by atoms with Crippen molar-refractivity contribution < 1.29 is 14.3 Å². The highest BCUT2D eigenvalue weighted by Gasteiger charge is 2.17. The Morgan fingerprint density at radius 1 is 1.33 bits per heavy atom. The molecule has 2 aromatic heterocycles. The van der Waals surface area contributed by atoms with E-state index in [-0.39, 0.29) is 11.8 Å². The van der Waals surface area contributed by atoms with E-state index in [4.69, 9.17) is 4.74 Å². The molecule has 0 aliphatic carbocycles. The zero-order valence-corrected chi connectivity index (χ0v) is 12.4. The van der Waals surface area contributed by atoms with Crippen LogP contribution >= 0.6 is 11.3 Å². The number of thiophene rings is 1. The average molecular weight is 305 g/mol. The number of methoxy groups -OCH3 is 1. The van der Waals surface area contributed by atoms with Gasteiger partial charge >= 0.3 is 0 Å². The lowest BCUT2D eigenvalue weighted by Crippen LogP contribution is -2.41. The van der Waals surface area contributed by atoms with E-state index in [0.29, 0.717) is 16.4 Å². The van der Waals surface area contributed by atoms with Gasteiger partial charge in [0, 0.05) is 6.07 Å². The molecule has 2 aromatic rings. The molecule has 1 atom stereocenters. The Morgan fingerprint density at radius 2 is 2.14 bits per heavy atom. The standard InChI is InChI=1S/C14H15N3O3S/c1-9(16-14(19)11-4-3-7-21-11)13(18)17-10-5-6-12(20-2)15-8-10/h3-9H,1-2H3,(H,16,19)(H,17,18). The third kappa shape index (κ3) is 4.03. The van der Waals surface area contributed by atoms with Crippen LogP contribution < -0.4 is 15.4 Å². The number of carbonyl (C=O) groups is 2. The number of anilines is 1. The molecule has 0 saturated heterocycles. The normalized spacial score (nSPS) is 11.5. The summed E-state index contributed by atoms with van der Waals surface area (Å²) in [5.74, 6) is -0.112. The number of pyridine rings is 1. The summed E-state index contributed by atoms with van der Waals surface area (Å²) in [7, 11) is 1.52. The van der Waals surface area contributed by atoms with Crippen LogP contribution in [0.3, 0.4) is 0 Å². The molecule has 0 aromatic carbocycles. The Balaban J connectivity index is 1.91. The van der Waals surface area contributed by atoms with E-state index in [9.17, 15) is 9.59 Å². The van der Waals surface area contributed by atoms with Crippen molar-refractivity contribution in [3.05, 3.63) is 40.7 Å². The first-order valence-electron chi connectivity index (χ1n) is 6.25. The Kier molecular flexibility index (Phi) is 4.89. The molecule has 1 unspecified atom stereocenters. The minimum Gasteiger partial charge on any atom is -0.481 e. The number of carbonyl (C=O) groups excluding carboxylic acids is 2. The van der Waals surface area contributed by atoms with Crippen LogP contribution in [0.2, 0.25) is 0 Å². The second-order valence-corrected chi connectivity index (χ2v) is 5.20. The van der Waals surface area contributed by atoms with Crippen molar-refractivity contribution in [2.24, 2.45) is 0 Å². The minimum absolute atomic E-state index is 0.263. The lowest BCUT2D eigenvalue weighted by molar-refractivity contribution is -0.117. The summed E-state index contributed by atoms with van der Waals surface area (Å²) in [5, 5.41) is 7.12. The van der Waals surface area contributed by atoms with Gasteiger partial charge in [-0.3, -0.25) is 9.59 Å². The topological polar surface area (TPSA) is 80.3 Å². The third-order valence-corrected chi connectivity index (χ3v) is 3.57. The zero-order valence-electron chi connectivity index (χ0n) is 11.6. The van der Waals surface area contributed by atoms with Gasteiger partial charge in [-0.15, -0.1) is 11.3 Å². The Hall–Kier alpha value is -2.41. The molecule has 6 nitrogen and oxygen atoms in total. The Labute approximate surface area is 126 Å². The van der Waals surface area contributed by atoms with Gasteiger partial charge in [0.25, 0.3) is 5.91 Å². The van der Waals surface area contributed by atoms with E-state index in [1.807, 2.05) is 5.38 Å². The first-order chi connectivity index (χ1) is 10.1. The highest BCUT2D eigenvalue weighted by Crippen LogP contribution is 2.12. The van der Waals surface area contributed by atoms with Crippen molar-refractivity contribution in [1.82, 2.24) is 10.3 Å². The fraction of sp³-hybridized carbons (Fsp3) is 0.214. The molecule has 2 rings (SSSR count). The molecule has 2 heterocycles.